The predicted octanol–water partition coefficient (Wildman–Crippen LogP) is 6.20. The average Bonchev–Trinajstić information content (AvgIpc) is 2.70. The molecule has 0 unspecified atom stereocenters. The molecule has 0 aliphatic carbocycles. The maximum absolute atomic E-state index is 6.57. The molecule has 0 amide bonds. The highest BCUT2D eigenvalue weighted by Crippen LogP contribution is 2.48. The summed E-state index contributed by atoms with van der Waals surface area (Å²) < 4.78 is 0.395. The van der Waals surface area contributed by atoms with E-state index in [9.17, 15) is 0 Å². The van der Waals surface area contributed by atoms with Crippen molar-refractivity contribution < 1.29 is 0 Å². The standard InChI is InChI=1S/C19H22ClNS2/c1-12-7-14-10-22-19(23-11-15(14)8-13(12)2)17-6-5-16(21(3)4)9-18(17)20/h5-9,19H,10-11H2,1-4H3. The maximum atomic E-state index is 6.57. The summed E-state index contributed by atoms with van der Waals surface area (Å²) >= 11 is 10.5. The van der Waals surface area contributed by atoms with Crippen LogP contribution in [0.4, 0.5) is 5.69 Å². The number of anilines is 1. The Balaban J connectivity index is 1.84. The zero-order valence-corrected chi connectivity index (χ0v) is 16.4. The van der Waals surface area contributed by atoms with E-state index in [0.29, 0.717) is 4.58 Å². The lowest BCUT2D eigenvalue weighted by Crippen LogP contribution is -2.08. The third-order valence-corrected chi connectivity index (χ3v) is 7.56. The lowest BCUT2D eigenvalue weighted by Gasteiger charge is -2.18. The fourth-order valence-electron chi connectivity index (χ4n) is 2.75. The number of rotatable bonds is 2. The van der Waals surface area contributed by atoms with Crippen LogP contribution < -0.4 is 4.90 Å². The topological polar surface area (TPSA) is 3.24 Å². The van der Waals surface area contributed by atoms with Crippen LogP contribution in [0.1, 0.15) is 32.4 Å². The number of hydrogen-bond donors (Lipinski definition) is 0. The smallest absolute Gasteiger partial charge is 0.0772 e. The average molecular weight is 364 g/mol. The van der Waals surface area contributed by atoms with Gasteiger partial charge in [0.15, 0.2) is 0 Å². The van der Waals surface area contributed by atoms with Crippen molar-refractivity contribution in [1.82, 2.24) is 0 Å². The fourth-order valence-corrected chi connectivity index (χ4v) is 5.92. The molecular weight excluding hydrogens is 342 g/mol. The van der Waals surface area contributed by atoms with Gasteiger partial charge in [-0.25, -0.2) is 0 Å². The molecule has 3 rings (SSSR count). The van der Waals surface area contributed by atoms with Crippen molar-refractivity contribution in [2.45, 2.75) is 29.9 Å². The quantitative estimate of drug-likeness (QED) is 0.625. The van der Waals surface area contributed by atoms with Crippen LogP contribution in [0.5, 0.6) is 0 Å². The van der Waals surface area contributed by atoms with Crippen molar-refractivity contribution in [1.29, 1.82) is 0 Å². The van der Waals surface area contributed by atoms with E-state index < -0.39 is 0 Å². The Kier molecular flexibility index (Phi) is 5.19. The Labute approximate surface area is 152 Å². The van der Waals surface area contributed by atoms with Crippen molar-refractivity contribution in [3.8, 4) is 0 Å². The Morgan fingerprint density at radius 1 is 0.957 bits per heavy atom. The Morgan fingerprint density at radius 3 is 2.00 bits per heavy atom. The van der Waals surface area contributed by atoms with Crippen molar-refractivity contribution in [3.05, 3.63) is 63.2 Å². The molecule has 0 saturated heterocycles. The highest BCUT2D eigenvalue weighted by atomic mass is 35.5. The van der Waals surface area contributed by atoms with Crippen LogP contribution in [-0.2, 0) is 11.5 Å². The van der Waals surface area contributed by atoms with Gasteiger partial charge in [0.25, 0.3) is 0 Å². The van der Waals surface area contributed by atoms with Crippen LogP contribution in [0, 0.1) is 13.8 Å². The Bertz CT molecular complexity index is 695. The number of thioether (sulfide) groups is 2. The second kappa shape index (κ2) is 7.00. The number of halogens is 1. The van der Waals surface area contributed by atoms with E-state index in [4.69, 9.17) is 11.6 Å². The molecule has 23 heavy (non-hydrogen) atoms. The molecule has 0 atom stereocenters. The molecular formula is C19H22ClNS2. The van der Waals surface area contributed by atoms with Gasteiger partial charge in [-0.05, 0) is 53.8 Å². The third kappa shape index (κ3) is 3.67. The number of benzene rings is 2. The maximum Gasteiger partial charge on any atom is 0.0772 e. The normalized spacial score (nSPS) is 15.2. The molecule has 0 N–H and O–H groups in total. The summed E-state index contributed by atoms with van der Waals surface area (Å²) in [6.45, 7) is 4.40. The van der Waals surface area contributed by atoms with Gasteiger partial charge in [-0.3, -0.25) is 0 Å². The highest BCUT2D eigenvalue weighted by molar-refractivity contribution is 8.15. The molecule has 2 aromatic rings. The monoisotopic (exact) mass is 363 g/mol. The van der Waals surface area contributed by atoms with Crippen molar-refractivity contribution in [2.75, 3.05) is 19.0 Å². The SMILES string of the molecule is Cc1cc2c(cc1C)CSC(c1ccc(N(C)C)cc1Cl)SC2. The second-order valence-electron chi connectivity index (χ2n) is 6.26. The minimum Gasteiger partial charge on any atom is -0.378 e. The summed E-state index contributed by atoms with van der Waals surface area (Å²) in [6.07, 6.45) is 0. The van der Waals surface area contributed by atoms with Crippen molar-refractivity contribution in [3.63, 3.8) is 0 Å². The second-order valence-corrected chi connectivity index (χ2v) is 9.15. The first kappa shape index (κ1) is 17.1. The van der Waals surface area contributed by atoms with Gasteiger partial charge in [0.1, 0.15) is 0 Å². The van der Waals surface area contributed by atoms with Crippen LogP contribution >= 0.6 is 35.1 Å². The molecule has 0 spiro atoms. The van der Waals surface area contributed by atoms with E-state index in [1.807, 2.05) is 37.6 Å². The lowest BCUT2D eigenvalue weighted by atomic mass is 10.0. The van der Waals surface area contributed by atoms with Crippen LogP contribution in [0.2, 0.25) is 5.02 Å². The first-order valence-electron chi connectivity index (χ1n) is 7.74. The Hall–Kier alpha value is -0.770. The fraction of sp³-hybridized carbons (Fsp3) is 0.368. The van der Waals surface area contributed by atoms with Gasteiger partial charge in [-0.1, -0.05) is 29.8 Å². The summed E-state index contributed by atoms with van der Waals surface area (Å²) in [6, 6.07) is 11.1. The molecule has 0 saturated carbocycles. The number of fused-ring (bicyclic) bond motifs is 1. The molecule has 1 aliphatic heterocycles. The lowest BCUT2D eigenvalue weighted by molar-refractivity contribution is 1.13. The number of hydrogen-bond acceptors (Lipinski definition) is 3. The summed E-state index contributed by atoms with van der Waals surface area (Å²) in [7, 11) is 4.09. The highest BCUT2D eigenvalue weighted by Gasteiger charge is 2.21. The molecule has 2 aromatic carbocycles. The van der Waals surface area contributed by atoms with E-state index in [0.717, 1.165) is 22.2 Å². The van der Waals surface area contributed by atoms with Crippen molar-refractivity contribution >= 4 is 40.8 Å². The molecule has 1 nitrogen and oxygen atoms in total. The summed E-state index contributed by atoms with van der Waals surface area (Å²) in [4.78, 5) is 2.09. The predicted molar refractivity (Wildman–Crippen MR) is 107 cm³/mol. The summed E-state index contributed by atoms with van der Waals surface area (Å²) in [5.41, 5.74) is 8.14. The van der Waals surface area contributed by atoms with Gasteiger partial charge in [-0.2, -0.15) is 0 Å². The summed E-state index contributed by atoms with van der Waals surface area (Å²) in [5, 5.41) is 0.875. The van der Waals surface area contributed by atoms with Crippen molar-refractivity contribution in [2.24, 2.45) is 0 Å². The van der Waals surface area contributed by atoms with Gasteiger partial charge in [0.05, 0.1) is 4.58 Å². The zero-order valence-electron chi connectivity index (χ0n) is 14.0. The minimum atomic E-state index is 0.395. The number of nitrogens with zero attached hydrogens (tertiary/aromatic N) is 1. The Morgan fingerprint density at radius 2 is 1.52 bits per heavy atom. The largest absolute Gasteiger partial charge is 0.378 e. The van der Waals surface area contributed by atoms with E-state index in [2.05, 4.69) is 49.1 Å². The van der Waals surface area contributed by atoms with Gasteiger partial charge >= 0.3 is 0 Å². The van der Waals surface area contributed by atoms with E-state index in [1.54, 1.807) is 0 Å². The molecule has 0 bridgehead atoms. The molecule has 0 fully saturated rings. The zero-order chi connectivity index (χ0) is 16.6. The minimum absolute atomic E-state index is 0.395. The molecule has 1 aliphatic rings. The van der Waals surface area contributed by atoms with Gasteiger partial charge in [-0.15, -0.1) is 23.5 Å². The van der Waals surface area contributed by atoms with Gasteiger partial charge in [0.2, 0.25) is 0 Å². The van der Waals surface area contributed by atoms with E-state index >= 15 is 0 Å². The summed E-state index contributed by atoms with van der Waals surface area (Å²) in [5.74, 6) is 2.11. The van der Waals surface area contributed by atoms with Gasteiger partial charge < -0.3 is 4.90 Å². The van der Waals surface area contributed by atoms with E-state index in [1.165, 1.54) is 27.8 Å². The van der Waals surface area contributed by atoms with Crippen LogP contribution in [0.15, 0.2) is 30.3 Å². The van der Waals surface area contributed by atoms with Gasteiger partial charge in [0, 0.05) is 36.3 Å². The molecule has 0 radical (unpaired) electrons. The van der Waals surface area contributed by atoms with Crippen LogP contribution in [0.3, 0.4) is 0 Å². The first-order valence-corrected chi connectivity index (χ1v) is 10.2. The van der Waals surface area contributed by atoms with Crippen LogP contribution in [-0.4, -0.2) is 14.1 Å². The molecule has 1 heterocycles. The van der Waals surface area contributed by atoms with E-state index in [-0.39, 0.29) is 0 Å². The molecule has 0 aromatic heterocycles. The first-order chi connectivity index (χ1) is 11.0. The third-order valence-electron chi connectivity index (χ3n) is 4.35. The molecule has 122 valence electrons. The molecule has 4 heteroatoms. The van der Waals surface area contributed by atoms with Crippen LogP contribution in [0.25, 0.3) is 0 Å². The number of aryl methyl sites for hydroxylation is 2.